The summed E-state index contributed by atoms with van der Waals surface area (Å²) < 4.78 is 19.2. The molecule has 4 heteroatoms. The Kier molecular flexibility index (Phi) is 4.68. The Labute approximate surface area is 116 Å². The molecule has 2 N–H and O–H groups in total. The van der Waals surface area contributed by atoms with Crippen molar-refractivity contribution < 1.29 is 9.13 Å². The number of para-hydroxylation sites is 1. The number of ether oxygens (including phenoxy) is 1. The standard InChI is InChI=1S/C15H16FNOS/c1-2-10-18-12-7-5-9-14(15(12)17)19-13-8-4-3-6-11(13)16/h3-9H,2,10,17H2,1H3. The molecule has 0 saturated heterocycles. The predicted molar refractivity (Wildman–Crippen MR) is 77.2 cm³/mol. The van der Waals surface area contributed by atoms with E-state index in [-0.39, 0.29) is 5.82 Å². The summed E-state index contributed by atoms with van der Waals surface area (Å²) in [5.41, 5.74) is 6.61. The Morgan fingerprint density at radius 2 is 1.84 bits per heavy atom. The molecule has 0 aliphatic rings. The maximum Gasteiger partial charge on any atom is 0.143 e. The van der Waals surface area contributed by atoms with E-state index < -0.39 is 0 Å². The predicted octanol–water partition coefficient (Wildman–Crippen LogP) is 4.35. The van der Waals surface area contributed by atoms with Crippen molar-refractivity contribution in [3.63, 3.8) is 0 Å². The molecule has 0 heterocycles. The number of hydrogen-bond acceptors (Lipinski definition) is 3. The van der Waals surface area contributed by atoms with Crippen LogP contribution in [0.4, 0.5) is 10.1 Å². The first kappa shape index (κ1) is 13.7. The molecule has 19 heavy (non-hydrogen) atoms. The first-order chi connectivity index (χ1) is 9.22. The topological polar surface area (TPSA) is 35.2 Å². The Bertz CT molecular complexity index is 560. The van der Waals surface area contributed by atoms with Gasteiger partial charge in [-0.3, -0.25) is 0 Å². The quantitative estimate of drug-likeness (QED) is 0.825. The monoisotopic (exact) mass is 277 g/mol. The fourth-order valence-corrected chi connectivity index (χ4v) is 2.50. The van der Waals surface area contributed by atoms with Gasteiger partial charge < -0.3 is 10.5 Å². The largest absolute Gasteiger partial charge is 0.491 e. The molecule has 2 nitrogen and oxygen atoms in total. The van der Waals surface area contributed by atoms with Crippen LogP contribution in [0.5, 0.6) is 5.75 Å². The van der Waals surface area contributed by atoms with E-state index in [4.69, 9.17) is 10.5 Å². The van der Waals surface area contributed by atoms with Crippen LogP contribution < -0.4 is 10.5 Å². The molecule has 0 aromatic heterocycles. The second-order valence-electron chi connectivity index (χ2n) is 4.05. The van der Waals surface area contributed by atoms with E-state index in [2.05, 4.69) is 0 Å². The van der Waals surface area contributed by atoms with Crippen molar-refractivity contribution in [2.75, 3.05) is 12.3 Å². The van der Waals surface area contributed by atoms with Gasteiger partial charge in [-0.15, -0.1) is 0 Å². The zero-order valence-electron chi connectivity index (χ0n) is 10.7. The third-order valence-electron chi connectivity index (χ3n) is 2.54. The number of nitrogen functional groups attached to an aromatic ring is 1. The van der Waals surface area contributed by atoms with Crippen LogP contribution in [-0.4, -0.2) is 6.61 Å². The minimum absolute atomic E-state index is 0.244. The lowest BCUT2D eigenvalue weighted by Crippen LogP contribution is -2.00. The minimum atomic E-state index is -0.244. The summed E-state index contributed by atoms with van der Waals surface area (Å²) in [6.45, 7) is 2.66. The van der Waals surface area contributed by atoms with Crippen molar-refractivity contribution in [3.8, 4) is 5.75 Å². The van der Waals surface area contributed by atoms with Gasteiger partial charge in [0.2, 0.25) is 0 Å². The normalized spacial score (nSPS) is 10.4. The number of rotatable bonds is 5. The van der Waals surface area contributed by atoms with Crippen LogP contribution >= 0.6 is 11.8 Å². The van der Waals surface area contributed by atoms with Gasteiger partial charge >= 0.3 is 0 Å². The van der Waals surface area contributed by atoms with Gasteiger partial charge in [0.05, 0.1) is 12.3 Å². The van der Waals surface area contributed by atoms with Crippen molar-refractivity contribution in [1.29, 1.82) is 0 Å². The van der Waals surface area contributed by atoms with Gasteiger partial charge in [-0.05, 0) is 30.7 Å². The smallest absolute Gasteiger partial charge is 0.143 e. The number of benzene rings is 2. The molecular formula is C15H16FNOS. The van der Waals surface area contributed by atoms with Crippen LogP contribution in [0.15, 0.2) is 52.3 Å². The molecule has 100 valence electrons. The van der Waals surface area contributed by atoms with Crippen LogP contribution in [0.2, 0.25) is 0 Å². The van der Waals surface area contributed by atoms with Crippen LogP contribution in [0, 0.1) is 5.82 Å². The van der Waals surface area contributed by atoms with Crippen molar-refractivity contribution in [3.05, 3.63) is 48.3 Å². The van der Waals surface area contributed by atoms with Crippen LogP contribution in [0.1, 0.15) is 13.3 Å². The molecule has 0 saturated carbocycles. The molecule has 0 radical (unpaired) electrons. The molecule has 0 aliphatic carbocycles. The van der Waals surface area contributed by atoms with Crippen molar-refractivity contribution in [1.82, 2.24) is 0 Å². The van der Waals surface area contributed by atoms with Crippen molar-refractivity contribution in [2.24, 2.45) is 0 Å². The fraction of sp³-hybridized carbons (Fsp3) is 0.200. The van der Waals surface area contributed by atoms with Gasteiger partial charge in [-0.25, -0.2) is 4.39 Å². The van der Waals surface area contributed by atoms with E-state index in [1.165, 1.54) is 17.8 Å². The van der Waals surface area contributed by atoms with Crippen LogP contribution in [0.25, 0.3) is 0 Å². The zero-order valence-corrected chi connectivity index (χ0v) is 11.5. The highest BCUT2D eigenvalue weighted by molar-refractivity contribution is 7.99. The first-order valence-electron chi connectivity index (χ1n) is 6.16. The number of hydrogen-bond donors (Lipinski definition) is 1. The molecule has 2 aromatic carbocycles. The van der Waals surface area contributed by atoms with E-state index >= 15 is 0 Å². The summed E-state index contributed by atoms with van der Waals surface area (Å²) >= 11 is 1.31. The summed E-state index contributed by atoms with van der Waals surface area (Å²) in [7, 11) is 0. The van der Waals surface area contributed by atoms with Crippen molar-refractivity contribution >= 4 is 17.4 Å². The Morgan fingerprint density at radius 1 is 1.11 bits per heavy atom. The highest BCUT2D eigenvalue weighted by Gasteiger charge is 2.09. The number of halogens is 1. The highest BCUT2D eigenvalue weighted by Crippen LogP contribution is 2.37. The maximum absolute atomic E-state index is 13.6. The molecule has 0 atom stereocenters. The first-order valence-corrected chi connectivity index (χ1v) is 6.97. The third-order valence-corrected chi connectivity index (χ3v) is 3.67. The average molecular weight is 277 g/mol. The zero-order chi connectivity index (χ0) is 13.7. The van der Waals surface area contributed by atoms with Gasteiger partial charge in [-0.2, -0.15) is 0 Å². The van der Waals surface area contributed by atoms with Gasteiger partial charge in [0.1, 0.15) is 11.6 Å². The SMILES string of the molecule is CCCOc1cccc(Sc2ccccc2F)c1N. The Morgan fingerprint density at radius 3 is 2.58 bits per heavy atom. The lowest BCUT2D eigenvalue weighted by atomic mass is 10.3. The van der Waals surface area contributed by atoms with E-state index in [1.54, 1.807) is 18.2 Å². The summed E-state index contributed by atoms with van der Waals surface area (Å²) in [5, 5.41) is 0. The lowest BCUT2D eigenvalue weighted by molar-refractivity contribution is 0.318. The minimum Gasteiger partial charge on any atom is -0.491 e. The molecule has 0 aliphatic heterocycles. The Hall–Kier alpha value is -1.68. The number of nitrogens with two attached hydrogens (primary N) is 1. The molecule has 2 aromatic rings. The van der Waals surface area contributed by atoms with E-state index in [9.17, 15) is 4.39 Å². The molecule has 0 bridgehead atoms. The maximum atomic E-state index is 13.6. The van der Waals surface area contributed by atoms with Gasteiger partial charge in [0.15, 0.2) is 0 Å². The van der Waals surface area contributed by atoms with Crippen molar-refractivity contribution in [2.45, 2.75) is 23.1 Å². The van der Waals surface area contributed by atoms with Crippen LogP contribution in [0.3, 0.4) is 0 Å². The van der Waals surface area contributed by atoms with E-state index in [0.717, 1.165) is 11.3 Å². The molecule has 0 fully saturated rings. The summed E-state index contributed by atoms with van der Waals surface area (Å²) in [5.74, 6) is 0.412. The summed E-state index contributed by atoms with van der Waals surface area (Å²) in [6, 6.07) is 12.2. The second-order valence-corrected chi connectivity index (χ2v) is 5.13. The fourth-order valence-electron chi connectivity index (χ4n) is 1.60. The Balaban J connectivity index is 2.23. The average Bonchev–Trinajstić information content (AvgIpc) is 2.42. The molecule has 0 spiro atoms. The number of anilines is 1. The van der Waals surface area contributed by atoms with E-state index in [1.807, 2.05) is 25.1 Å². The summed E-state index contributed by atoms with van der Waals surface area (Å²) in [6.07, 6.45) is 0.921. The van der Waals surface area contributed by atoms with Crippen LogP contribution in [-0.2, 0) is 0 Å². The third kappa shape index (κ3) is 3.41. The summed E-state index contributed by atoms with van der Waals surface area (Å²) in [4.78, 5) is 1.36. The molecular weight excluding hydrogens is 261 g/mol. The van der Waals surface area contributed by atoms with Gasteiger partial charge in [-0.1, -0.05) is 36.9 Å². The molecule has 0 unspecified atom stereocenters. The van der Waals surface area contributed by atoms with Gasteiger partial charge in [0, 0.05) is 9.79 Å². The molecule has 2 rings (SSSR count). The molecule has 0 amide bonds. The second kappa shape index (κ2) is 6.48. The highest BCUT2D eigenvalue weighted by atomic mass is 32.2. The van der Waals surface area contributed by atoms with E-state index in [0.29, 0.717) is 22.9 Å². The lowest BCUT2D eigenvalue weighted by Gasteiger charge is -2.11. The van der Waals surface area contributed by atoms with Gasteiger partial charge in [0.25, 0.3) is 0 Å².